The molecule has 0 radical (unpaired) electrons. The molecular formula is C25H32N4O2S. The lowest BCUT2D eigenvalue weighted by Crippen LogP contribution is -2.36. The van der Waals surface area contributed by atoms with Crippen LogP contribution in [0.3, 0.4) is 0 Å². The highest BCUT2D eigenvalue weighted by molar-refractivity contribution is 7.80. The fraction of sp³-hybridized carbons (Fsp3) is 0.360. The van der Waals surface area contributed by atoms with Crippen molar-refractivity contribution in [2.24, 2.45) is 0 Å². The van der Waals surface area contributed by atoms with Crippen LogP contribution >= 0.6 is 12.2 Å². The number of ether oxygens (including phenoxy) is 1. The molecule has 170 valence electrons. The fourth-order valence-corrected chi connectivity index (χ4v) is 4.25. The summed E-state index contributed by atoms with van der Waals surface area (Å²) < 4.78 is 7.64. The van der Waals surface area contributed by atoms with E-state index in [1.165, 1.54) is 0 Å². The highest BCUT2D eigenvalue weighted by Gasteiger charge is 2.23. The zero-order valence-corrected chi connectivity index (χ0v) is 20.5. The third kappa shape index (κ3) is 4.30. The molecule has 0 aliphatic heterocycles. The average molecular weight is 453 g/mol. The maximum absolute atomic E-state index is 10.9. The summed E-state index contributed by atoms with van der Waals surface area (Å²) in [5.74, 6) is 1.81. The Balaban J connectivity index is 2.25. The van der Waals surface area contributed by atoms with Crippen molar-refractivity contribution < 1.29 is 9.84 Å². The standard InChI is InChI=1S/C25H32N4O2S/c1-7-10-21(19-13-17(8-2)24(31-6)15-23(19)30)29(25(32)26-5)18-11-12-20-22(14-18)28(9-3)16(4)27-20/h10-15,30H,7-9H2,1-6H3,(H,26,32). The first-order valence-electron chi connectivity index (χ1n) is 11.0. The van der Waals surface area contributed by atoms with Crippen molar-refractivity contribution in [2.75, 3.05) is 19.1 Å². The minimum Gasteiger partial charge on any atom is -0.507 e. The number of benzene rings is 2. The number of imidazole rings is 1. The molecule has 0 aliphatic carbocycles. The van der Waals surface area contributed by atoms with Crippen molar-refractivity contribution in [3.63, 3.8) is 0 Å². The topological polar surface area (TPSA) is 62.6 Å². The summed E-state index contributed by atoms with van der Waals surface area (Å²) in [4.78, 5) is 6.65. The van der Waals surface area contributed by atoms with Crippen molar-refractivity contribution in [1.82, 2.24) is 14.9 Å². The number of nitrogens with zero attached hydrogens (tertiary/aromatic N) is 3. The van der Waals surface area contributed by atoms with Gasteiger partial charge in [-0.1, -0.05) is 19.9 Å². The van der Waals surface area contributed by atoms with Gasteiger partial charge < -0.3 is 19.7 Å². The Morgan fingerprint density at radius 3 is 2.59 bits per heavy atom. The molecule has 0 amide bonds. The normalized spacial score (nSPS) is 11.6. The number of thiocarbonyl (C=S) groups is 1. The van der Waals surface area contributed by atoms with E-state index in [9.17, 15) is 5.11 Å². The van der Waals surface area contributed by atoms with Crippen molar-refractivity contribution >= 4 is 39.7 Å². The minimum absolute atomic E-state index is 0.151. The van der Waals surface area contributed by atoms with E-state index in [-0.39, 0.29) is 5.75 Å². The molecule has 0 unspecified atom stereocenters. The van der Waals surface area contributed by atoms with E-state index in [1.54, 1.807) is 13.2 Å². The van der Waals surface area contributed by atoms with Gasteiger partial charge in [-0.05, 0) is 68.7 Å². The predicted octanol–water partition coefficient (Wildman–Crippen LogP) is 5.40. The first-order chi connectivity index (χ1) is 15.4. The molecule has 3 rings (SSSR count). The lowest BCUT2D eigenvalue weighted by atomic mass is 10.0. The highest BCUT2D eigenvalue weighted by Crippen LogP contribution is 2.37. The molecular weight excluding hydrogens is 420 g/mol. The van der Waals surface area contributed by atoms with Crippen LogP contribution in [0.15, 0.2) is 36.4 Å². The van der Waals surface area contributed by atoms with Gasteiger partial charge in [-0.2, -0.15) is 0 Å². The molecule has 0 saturated carbocycles. The van der Waals surface area contributed by atoms with Crippen LogP contribution in [0.4, 0.5) is 5.69 Å². The summed E-state index contributed by atoms with van der Waals surface area (Å²) >= 11 is 5.74. The summed E-state index contributed by atoms with van der Waals surface area (Å²) in [7, 11) is 3.43. The van der Waals surface area contributed by atoms with Gasteiger partial charge >= 0.3 is 0 Å². The van der Waals surface area contributed by atoms with Crippen LogP contribution in [0.2, 0.25) is 0 Å². The van der Waals surface area contributed by atoms with E-state index in [4.69, 9.17) is 17.0 Å². The van der Waals surface area contributed by atoms with Crippen molar-refractivity contribution in [3.8, 4) is 11.5 Å². The number of anilines is 1. The van der Waals surface area contributed by atoms with Gasteiger partial charge in [0.15, 0.2) is 5.11 Å². The first kappa shape index (κ1) is 23.6. The second-order valence-corrected chi connectivity index (χ2v) is 7.89. The Morgan fingerprint density at radius 1 is 1.25 bits per heavy atom. The maximum atomic E-state index is 10.9. The molecule has 7 heteroatoms. The van der Waals surface area contributed by atoms with Crippen LogP contribution < -0.4 is 15.0 Å². The van der Waals surface area contributed by atoms with Gasteiger partial charge in [-0.15, -0.1) is 0 Å². The Morgan fingerprint density at radius 2 is 2.00 bits per heavy atom. The van der Waals surface area contributed by atoms with E-state index < -0.39 is 0 Å². The van der Waals surface area contributed by atoms with Crippen LogP contribution in [-0.2, 0) is 13.0 Å². The van der Waals surface area contributed by atoms with E-state index in [0.717, 1.165) is 53.2 Å². The Kier molecular flexibility index (Phi) is 7.40. The van der Waals surface area contributed by atoms with E-state index >= 15 is 0 Å². The number of rotatable bonds is 7. The van der Waals surface area contributed by atoms with Crippen LogP contribution in [0.5, 0.6) is 11.5 Å². The molecule has 0 atom stereocenters. The molecule has 6 nitrogen and oxygen atoms in total. The maximum Gasteiger partial charge on any atom is 0.177 e. The molecule has 1 aromatic heterocycles. The molecule has 0 aliphatic rings. The zero-order chi connectivity index (χ0) is 23.4. The summed E-state index contributed by atoms with van der Waals surface area (Å²) in [5, 5.41) is 14.6. The van der Waals surface area contributed by atoms with E-state index in [0.29, 0.717) is 16.4 Å². The second kappa shape index (κ2) is 10.0. The number of hydrogen-bond acceptors (Lipinski definition) is 4. The van der Waals surface area contributed by atoms with E-state index in [2.05, 4.69) is 47.8 Å². The number of methoxy groups -OCH3 is 1. The van der Waals surface area contributed by atoms with Gasteiger partial charge in [0.2, 0.25) is 0 Å². The second-order valence-electron chi connectivity index (χ2n) is 7.50. The van der Waals surface area contributed by atoms with Gasteiger partial charge in [0.1, 0.15) is 17.3 Å². The van der Waals surface area contributed by atoms with Gasteiger partial charge in [-0.3, -0.25) is 4.90 Å². The predicted molar refractivity (Wildman–Crippen MR) is 137 cm³/mol. The van der Waals surface area contributed by atoms with Crippen LogP contribution in [0, 0.1) is 6.92 Å². The van der Waals surface area contributed by atoms with Crippen molar-refractivity contribution in [2.45, 2.75) is 47.1 Å². The summed E-state index contributed by atoms with van der Waals surface area (Å²) in [6, 6.07) is 9.80. The molecule has 1 heterocycles. The van der Waals surface area contributed by atoms with Crippen LogP contribution in [0.25, 0.3) is 16.7 Å². The number of fused-ring (bicyclic) bond motifs is 1. The van der Waals surface area contributed by atoms with Gasteiger partial charge in [0.25, 0.3) is 0 Å². The van der Waals surface area contributed by atoms with E-state index in [1.807, 2.05) is 37.1 Å². The summed E-state index contributed by atoms with van der Waals surface area (Å²) in [6.07, 6.45) is 3.64. The lowest BCUT2D eigenvalue weighted by Gasteiger charge is -2.29. The number of aromatic hydroxyl groups is 1. The first-order valence-corrected chi connectivity index (χ1v) is 11.4. The Bertz CT molecular complexity index is 1170. The number of allylic oxidation sites excluding steroid dienone is 1. The molecule has 0 spiro atoms. The zero-order valence-electron chi connectivity index (χ0n) is 19.7. The number of hydrogen-bond donors (Lipinski definition) is 2. The Labute approximate surface area is 195 Å². The number of aromatic nitrogens is 2. The summed E-state index contributed by atoms with van der Waals surface area (Å²) in [6.45, 7) is 9.10. The fourth-order valence-electron chi connectivity index (χ4n) is 4.05. The minimum atomic E-state index is 0.151. The number of aryl methyl sites for hydroxylation is 3. The molecule has 2 aromatic carbocycles. The molecule has 0 fully saturated rings. The van der Waals surface area contributed by atoms with Crippen LogP contribution in [-0.4, -0.2) is 33.9 Å². The number of nitrogens with one attached hydrogen (secondary N) is 1. The largest absolute Gasteiger partial charge is 0.507 e. The molecule has 3 aromatic rings. The SMILES string of the molecule is CCC=C(c1cc(CC)c(OC)cc1O)N(C(=S)NC)c1ccc2nc(C)n(CC)c2c1. The molecule has 0 saturated heterocycles. The number of phenolic OH excluding ortho intramolecular Hbond substituents is 1. The summed E-state index contributed by atoms with van der Waals surface area (Å²) in [5.41, 5.74) is 5.45. The van der Waals surface area contributed by atoms with Crippen molar-refractivity contribution in [1.29, 1.82) is 0 Å². The number of phenols is 1. The monoisotopic (exact) mass is 452 g/mol. The average Bonchev–Trinajstić information content (AvgIpc) is 3.12. The third-order valence-electron chi connectivity index (χ3n) is 5.61. The third-order valence-corrected chi connectivity index (χ3v) is 5.99. The smallest absolute Gasteiger partial charge is 0.177 e. The van der Waals surface area contributed by atoms with Crippen molar-refractivity contribution in [3.05, 3.63) is 53.4 Å². The molecule has 32 heavy (non-hydrogen) atoms. The lowest BCUT2D eigenvalue weighted by molar-refractivity contribution is 0.403. The Hall–Kier alpha value is -3.06. The molecule has 0 bridgehead atoms. The van der Waals surface area contributed by atoms with Crippen LogP contribution in [0.1, 0.15) is 44.1 Å². The van der Waals surface area contributed by atoms with Gasteiger partial charge in [-0.25, -0.2) is 4.98 Å². The quantitative estimate of drug-likeness (QED) is 0.468. The van der Waals surface area contributed by atoms with Gasteiger partial charge in [0.05, 0.1) is 29.5 Å². The van der Waals surface area contributed by atoms with Gasteiger partial charge in [0, 0.05) is 25.2 Å². The molecule has 2 N–H and O–H groups in total. The highest BCUT2D eigenvalue weighted by atomic mass is 32.1.